The number of pyridine rings is 1. The Morgan fingerprint density at radius 2 is 2.36 bits per heavy atom. The van der Waals surface area contributed by atoms with E-state index in [1.54, 1.807) is 0 Å². The van der Waals surface area contributed by atoms with Crippen LogP contribution in [0.4, 0.5) is 0 Å². The summed E-state index contributed by atoms with van der Waals surface area (Å²) in [6, 6.07) is 4.18. The standard InChI is InChI=1S/C10H13N/c1-10(4-5-10)7-9-3-2-6-11-8-9/h2-3,6,8H,4-5,7H2,1H3. The second-order valence-electron chi connectivity index (χ2n) is 3.85. The maximum Gasteiger partial charge on any atom is 0.0300 e. The van der Waals surface area contributed by atoms with Gasteiger partial charge in [0.1, 0.15) is 0 Å². The summed E-state index contributed by atoms with van der Waals surface area (Å²) in [5, 5.41) is 0. The van der Waals surface area contributed by atoms with Crippen LogP contribution in [0.3, 0.4) is 0 Å². The van der Waals surface area contributed by atoms with Gasteiger partial charge in [0.05, 0.1) is 0 Å². The van der Waals surface area contributed by atoms with Crippen LogP contribution in [0.5, 0.6) is 0 Å². The molecule has 1 aliphatic rings. The molecule has 0 bridgehead atoms. The maximum atomic E-state index is 4.10. The number of hydrogen-bond donors (Lipinski definition) is 0. The van der Waals surface area contributed by atoms with Gasteiger partial charge in [0.15, 0.2) is 0 Å². The normalized spacial score (nSPS) is 19.7. The Bertz CT molecular complexity index is 236. The quantitative estimate of drug-likeness (QED) is 0.626. The third-order valence-electron chi connectivity index (χ3n) is 2.46. The average molecular weight is 147 g/mol. The highest BCUT2D eigenvalue weighted by Crippen LogP contribution is 2.47. The van der Waals surface area contributed by atoms with E-state index in [0.29, 0.717) is 5.41 Å². The highest BCUT2D eigenvalue weighted by atomic mass is 14.6. The molecule has 0 saturated heterocycles. The first-order chi connectivity index (χ1) is 5.29. The minimum atomic E-state index is 0.614. The summed E-state index contributed by atoms with van der Waals surface area (Å²) in [6.07, 6.45) is 7.80. The highest BCUT2D eigenvalue weighted by molar-refractivity contribution is 5.13. The van der Waals surface area contributed by atoms with Gasteiger partial charge in [0, 0.05) is 12.4 Å². The summed E-state index contributed by atoms with van der Waals surface area (Å²) in [7, 11) is 0. The topological polar surface area (TPSA) is 12.9 Å². The van der Waals surface area contributed by atoms with E-state index in [1.165, 1.54) is 24.8 Å². The van der Waals surface area contributed by atoms with Crippen LogP contribution in [-0.4, -0.2) is 4.98 Å². The summed E-state index contributed by atoms with van der Waals surface area (Å²) in [4.78, 5) is 4.10. The second-order valence-corrected chi connectivity index (χ2v) is 3.85. The molecule has 0 unspecified atom stereocenters. The molecule has 11 heavy (non-hydrogen) atoms. The third kappa shape index (κ3) is 1.59. The summed E-state index contributed by atoms with van der Waals surface area (Å²) in [5.41, 5.74) is 2.00. The molecule has 1 aliphatic carbocycles. The van der Waals surface area contributed by atoms with Crippen molar-refractivity contribution in [3.63, 3.8) is 0 Å². The molecule has 1 nitrogen and oxygen atoms in total. The SMILES string of the molecule is CC1(Cc2cccnc2)CC1. The Labute approximate surface area is 67.5 Å². The van der Waals surface area contributed by atoms with Gasteiger partial charge < -0.3 is 0 Å². The van der Waals surface area contributed by atoms with Crippen molar-refractivity contribution in [2.45, 2.75) is 26.2 Å². The minimum absolute atomic E-state index is 0.614. The van der Waals surface area contributed by atoms with E-state index < -0.39 is 0 Å². The molecule has 1 heterocycles. The van der Waals surface area contributed by atoms with Crippen molar-refractivity contribution in [3.8, 4) is 0 Å². The molecule has 0 N–H and O–H groups in total. The lowest BCUT2D eigenvalue weighted by atomic mass is 10.0. The lowest BCUT2D eigenvalue weighted by molar-refractivity contribution is 0.569. The minimum Gasteiger partial charge on any atom is -0.264 e. The Morgan fingerprint density at radius 1 is 1.55 bits per heavy atom. The molecule has 1 aromatic heterocycles. The van der Waals surface area contributed by atoms with E-state index in [1.807, 2.05) is 18.5 Å². The van der Waals surface area contributed by atoms with Crippen LogP contribution >= 0.6 is 0 Å². The van der Waals surface area contributed by atoms with Crippen LogP contribution in [0.15, 0.2) is 24.5 Å². The maximum absolute atomic E-state index is 4.10. The lowest BCUT2D eigenvalue weighted by Crippen LogP contribution is -1.98. The Hall–Kier alpha value is -0.850. The van der Waals surface area contributed by atoms with Gasteiger partial charge in [0.2, 0.25) is 0 Å². The monoisotopic (exact) mass is 147 g/mol. The van der Waals surface area contributed by atoms with Crippen molar-refractivity contribution >= 4 is 0 Å². The van der Waals surface area contributed by atoms with Crippen LogP contribution in [0.1, 0.15) is 25.3 Å². The van der Waals surface area contributed by atoms with Gasteiger partial charge in [-0.3, -0.25) is 4.98 Å². The fraction of sp³-hybridized carbons (Fsp3) is 0.500. The summed E-state index contributed by atoms with van der Waals surface area (Å²) < 4.78 is 0. The summed E-state index contributed by atoms with van der Waals surface area (Å²) in [6.45, 7) is 2.35. The zero-order valence-electron chi connectivity index (χ0n) is 6.88. The Kier molecular flexibility index (Phi) is 1.45. The van der Waals surface area contributed by atoms with Gasteiger partial charge in [-0.2, -0.15) is 0 Å². The number of rotatable bonds is 2. The fourth-order valence-corrected chi connectivity index (χ4v) is 1.39. The van der Waals surface area contributed by atoms with E-state index in [2.05, 4.69) is 18.0 Å². The molecule has 1 aromatic rings. The molecule has 0 radical (unpaired) electrons. The predicted molar refractivity (Wildman–Crippen MR) is 45.3 cm³/mol. The van der Waals surface area contributed by atoms with Gasteiger partial charge >= 0.3 is 0 Å². The van der Waals surface area contributed by atoms with Gasteiger partial charge in [-0.1, -0.05) is 13.0 Å². The van der Waals surface area contributed by atoms with Crippen LogP contribution in [0, 0.1) is 5.41 Å². The molecule has 0 aliphatic heterocycles. The molecule has 1 heteroatoms. The molecular formula is C10H13N. The summed E-state index contributed by atoms with van der Waals surface area (Å²) in [5.74, 6) is 0. The van der Waals surface area contributed by atoms with Crippen molar-refractivity contribution in [2.24, 2.45) is 5.41 Å². The first-order valence-electron chi connectivity index (χ1n) is 4.17. The van der Waals surface area contributed by atoms with Gasteiger partial charge in [0.25, 0.3) is 0 Å². The Morgan fingerprint density at radius 3 is 2.91 bits per heavy atom. The van der Waals surface area contributed by atoms with E-state index >= 15 is 0 Å². The van der Waals surface area contributed by atoms with Crippen molar-refractivity contribution in [2.75, 3.05) is 0 Å². The van der Waals surface area contributed by atoms with Crippen molar-refractivity contribution in [3.05, 3.63) is 30.1 Å². The van der Waals surface area contributed by atoms with E-state index in [4.69, 9.17) is 0 Å². The van der Waals surface area contributed by atoms with Crippen molar-refractivity contribution in [1.82, 2.24) is 4.98 Å². The van der Waals surface area contributed by atoms with Crippen molar-refractivity contribution < 1.29 is 0 Å². The van der Waals surface area contributed by atoms with E-state index in [9.17, 15) is 0 Å². The molecular weight excluding hydrogens is 134 g/mol. The third-order valence-corrected chi connectivity index (χ3v) is 2.46. The predicted octanol–water partition coefficient (Wildman–Crippen LogP) is 2.42. The van der Waals surface area contributed by atoms with Gasteiger partial charge in [-0.25, -0.2) is 0 Å². The van der Waals surface area contributed by atoms with Gasteiger partial charge in [-0.05, 0) is 36.3 Å². The molecule has 1 saturated carbocycles. The van der Waals surface area contributed by atoms with E-state index in [0.717, 1.165) is 0 Å². The Balaban J connectivity index is 2.07. The molecule has 0 aromatic carbocycles. The smallest absolute Gasteiger partial charge is 0.0300 e. The van der Waals surface area contributed by atoms with Crippen LogP contribution in [0.25, 0.3) is 0 Å². The zero-order valence-corrected chi connectivity index (χ0v) is 6.88. The lowest BCUT2D eigenvalue weighted by Gasteiger charge is -2.05. The van der Waals surface area contributed by atoms with Crippen LogP contribution in [0.2, 0.25) is 0 Å². The first-order valence-corrected chi connectivity index (χ1v) is 4.17. The highest BCUT2D eigenvalue weighted by Gasteiger charge is 2.36. The molecule has 58 valence electrons. The number of nitrogens with zero attached hydrogens (tertiary/aromatic N) is 1. The molecule has 0 spiro atoms. The van der Waals surface area contributed by atoms with E-state index in [-0.39, 0.29) is 0 Å². The number of aromatic nitrogens is 1. The first kappa shape index (κ1) is 6.84. The zero-order chi connectivity index (χ0) is 7.73. The largest absolute Gasteiger partial charge is 0.264 e. The summed E-state index contributed by atoms with van der Waals surface area (Å²) >= 11 is 0. The molecule has 2 rings (SSSR count). The van der Waals surface area contributed by atoms with Gasteiger partial charge in [-0.15, -0.1) is 0 Å². The average Bonchev–Trinajstić information content (AvgIpc) is 2.70. The second kappa shape index (κ2) is 2.33. The van der Waals surface area contributed by atoms with Crippen molar-refractivity contribution in [1.29, 1.82) is 0 Å². The number of hydrogen-bond acceptors (Lipinski definition) is 1. The molecule has 0 amide bonds. The van der Waals surface area contributed by atoms with Crippen LogP contribution in [-0.2, 0) is 6.42 Å². The molecule has 0 atom stereocenters. The molecule has 1 fully saturated rings. The van der Waals surface area contributed by atoms with Crippen LogP contribution < -0.4 is 0 Å². The fourth-order valence-electron chi connectivity index (χ4n) is 1.39.